The molecule has 10 heteroatoms. The third-order valence-corrected chi connectivity index (χ3v) is 3.58. The van der Waals surface area contributed by atoms with Crippen molar-refractivity contribution in [2.75, 3.05) is 20.2 Å². The second-order valence-corrected chi connectivity index (χ2v) is 7.41. The molecule has 0 radical (unpaired) electrons. The number of esters is 1. The van der Waals surface area contributed by atoms with Gasteiger partial charge in [-0.05, 0) is 32.9 Å². The summed E-state index contributed by atoms with van der Waals surface area (Å²) in [5.74, 6) is -2.46. The van der Waals surface area contributed by atoms with Crippen molar-refractivity contribution in [1.82, 2.24) is 20.0 Å². The zero-order valence-corrected chi connectivity index (χ0v) is 16.8. The fourth-order valence-electron chi connectivity index (χ4n) is 2.29. The monoisotopic (exact) mass is 404 g/mol. The van der Waals surface area contributed by atoms with Crippen LogP contribution < -0.4 is 11.1 Å². The number of nitrogens with one attached hydrogen (secondary N) is 1. The summed E-state index contributed by atoms with van der Waals surface area (Å²) in [5.41, 5.74) is 0.165. The van der Waals surface area contributed by atoms with Gasteiger partial charge in [0.25, 0.3) is 5.91 Å². The van der Waals surface area contributed by atoms with Gasteiger partial charge in [-0.3, -0.25) is 14.4 Å². The maximum atomic E-state index is 12.0. The molecule has 0 unspecified atom stereocenters. The number of ether oxygens (including phenoxy) is 1. The summed E-state index contributed by atoms with van der Waals surface area (Å²) in [7, 11) is 1.42. The SMILES string of the molecule is CN(CC(=O)NC(C)(C)C)C(=O)COC(=O)Cn1nc(-c2ccccc2)oc1=O. The molecule has 2 rings (SSSR count). The molecule has 1 N–H and O–H groups in total. The number of aromatic nitrogens is 2. The first kappa shape index (κ1) is 21.9. The van der Waals surface area contributed by atoms with E-state index in [0.29, 0.717) is 5.56 Å². The lowest BCUT2D eigenvalue weighted by atomic mass is 10.1. The van der Waals surface area contributed by atoms with Crippen molar-refractivity contribution in [2.45, 2.75) is 32.9 Å². The highest BCUT2D eigenvalue weighted by Gasteiger charge is 2.19. The Bertz CT molecular complexity index is 926. The second-order valence-electron chi connectivity index (χ2n) is 7.41. The third kappa shape index (κ3) is 6.91. The smallest absolute Gasteiger partial charge is 0.437 e. The first-order chi connectivity index (χ1) is 13.5. The quantitative estimate of drug-likeness (QED) is 0.663. The Labute approximate surface area is 167 Å². The summed E-state index contributed by atoms with van der Waals surface area (Å²) in [6.07, 6.45) is 0. The van der Waals surface area contributed by atoms with Crippen molar-refractivity contribution in [3.8, 4) is 11.5 Å². The van der Waals surface area contributed by atoms with Gasteiger partial charge < -0.3 is 19.4 Å². The normalized spacial score (nSPS) is 11.0. The van der Waals surface area contributed by atoms with Crippen LogP contribution in [0.3, 0.4) is 0 Å². The zero-order chi connectivity index (χ0) is 21.6. The lowest BCUT2D eigenvalue weighted by Gasteiger charge is -2.23. The Morgan fingerprint density at radius 2 is 1.86 bits per heavy atom. The number of rotatable bonds is 7. The minimum atomic E-state index is -0.832. The number of nitrogens with zero attached hydrogens (tertiary/aromatic N) is 3. The van der Waals surface area contributed by atoms with E-state index in [1.165, 1.54) is 7.05 Å². The fourth-order valence-corrected chi connectivity index (χ4v) is 2.29. The van der Waals surface area contributed by atoms with E-state index in [2.05, 4.69) is 10.4 Å². The molecule has 0 atom stereocenters. The van der Waals surface area contributed by atoms with Crippen LogP contribution in [0.2, 0.25) is 0 Å². The topological polar surface area (TPSA) is 124 Å². The minimum absolute atomic E-state index is 0.0732. The van der Waals surface area contributed by atoms with Crippen molar-refractivity contribution in [3.63, 3.8) is 0 Å². The number of amides is 2. The number of benzene rings is 1. The minimum Gasteiger partial charge on any atom is -0.454 e. The molecule has 156 valence electrons. The van der Waals surface area contributed by atoms with E-state index in [-0.39, 0.29) is 18.3 Å². The van der Waals surface area contributed by atoms with Gasteiger partial charge in [-0.1, -0.05) is 18.2 Å². The molecule has 2 aromatic rings. The van der Waals surface area contributed by atoms with Gasteiger partial charge in [-0.15, -0.1) is 5.10 Å². The highest BCUT2D eigenvalue weighted by atomic mass is 16.5. The van der Waals surface area contributed by atoms with Crippen molar-refractivity contribution in [2.24, 2.45) is 0 Å². The Kier molecular flexibility index (Phi) is 6.92. The Morgan fingerprint density at radius 3 is 2.48 bits per heavy atom. The van der Waals surface area contributed by atoms with Gasteiger partial charge in [0.2, 0.25) is 11.8 Å². The van der Waals surface area contributed by atoms with Crippen LogP contribution in [0.25, 0.3) is 11.5 Å². The van der Waals surface area contributed by atoms with Gasteiger partial charge in [0.15, 0.2) is 6.61 Å². The molecule has 0 aliphatic heterocycles. The number of carbonyl (C=O) groups excluding carboxylic acids is 3. The second kappa shape index (κ2) is 9.18. The highest BCUT2D eigenvalue weighted by molar-refractivity contribution is 5.86. The summed E-state index contributed by atoms with van der Waals surface area (Å²) in [4.78, 5) is 48.8. The number of likely N-dealkylation sites (N-methyl/N-ethyl adjacent to an activating group) is 1. The van der Waals surface area contributed by atoms with Crippen LogP contribution >= 0.6 is 0 Å². The largest absolute Gasteiger partial charge is 0.454 e. The maximum Gasteiger partial charge on any atom is 0.437 e. The van der Waals surface area contributed by atoms with Crippen LogP contribution in [-0.2, 0) is 25.7 Å². The van der Waals surface area contributed by atoms with E-state index in [1.807, 2.05) is 20.8 Å². The van der Waals surface area contributed by atoms with E-state index in [9.17, 15) is 19.2 Å². The van der Waals surface area contributed by atoms with E-state index >= 15 is 0 Å². The summed E-state index contributed by atoms with van der Waals surface area (Å²) in [6.45, 7) is 4.24. The van der Waals surface area contributed by atoms with Gasteiger partial charge in [-0.25, -0.2) is 4.79 Å². The van der Waals surface area contributed by atoms with Gasteiger partial charge in [-0.2, -0.15) is 4.68 Å². The molecule has 1 aromatic carbocycles. The molecular weight excluding hydrogens is 380 g/mol. The van der Waals surface area contributed by atoms with Crippen LogP contribution in [0.4, 0.5) is 0 Å². The van der Waals surface area contributed by atoms with Crippen LogP contribution in [0.5, 0.6) is 0 Å². The molecule has 0 saturated carbocycles. The molecule has 0 aliphatic rings. The standard InChI is InChI=1S/C19H24N4O6/c1-19(2,3)20-14(24)10-22(4)15(25)12-28-16(26)11-23-18(27)29-17(21-23)13-8-6-5-7-9-13/h5-9H,10-12H2,1-4H3,(H,20,24). The van der Waals surface area contributed by atoms with E-state index in [1.54, 1.807) is 30.3 Å². The Morgan fingerprint density at radius 1 is 1.21 bits per heavy atom. The van der Waals surface area contributed by atoms with Crippen LogP contribution in [0, 0.1) is 0 Å². The molecule has 2 amide bonds. The molecule has 10 nitrogen and oxygen atoms in total. The van der Waals surface area contributed by atoms with Crippen molar-refractivity contribution in [1.29, 1.82) is 0 Å². The van der Waals surface area contributed by atoms with Crippen LogP contribution in [0.1, 0.15) is 20.8 Å². The molecule has 0 spiro atoms. The highest BCUT2D eigenvalue weighted by Crippen LogP contribution is 2.13. The summed E-state index contributed by atoms with van der Waals surface area (Å²) >= 11 is 0. The molecule has 0 bridgehead atoms. The average Bonchev–Trinajstić information content (AvgIpc) is 2.99. The predicted octanol–water partition coefficient (Wildman–Crippen LogP) is 0.420. The summed E-state index contributed by atoms with van der Waals surface area (Å²) < 4.78 is 10.7. The lowest BCUT2D eigenvalue weighted by Crippen LogP contribution is -2.47. The van der Waals surface area contributed by atoms with E-state index in [4.69, 9.17) is 9.15 Å². The Hall–Kier alpha value is -3.43. The molecule has 29 heavy (non-hydrogen) atoms. The molecule has 0 aliphatic carbocycles. The van der Waals surface area contributed by atoms with Crippen molar-refractivity contribution >= 4 is 17.8 Å². The number of hydrogen-bond acceptors (Lipinski definition) is 7. The first-order valence-electron chi connectivity index (χ1n) is 8.89. The first-order valence-corrected chi connectivity index (χ1v) is 8.89. The van der Waals surface area contributed by atoms with Crippen molar-refractivity contribution < 1.29 is 23.5 Å². The molecule has 1 aromatic heterocycles. The molecule has 1 heterocycles. The maximum absolute atomic E-state index is 12.0. The van der Waals surface area contributed by atoms with Gasteiger partial charge in [0.05, 0.1) is 6.54 Å². The van der Waals surface area contributed by atoms with Crippen LogP contribution in [0.15, 0.2) is 39.5 Å². The van der Waals surface area contributed by atoms with Crippen molar-refractivity contribution in [3.05, 3.63) is 40.9 Å². The van der Waals surface area contributed by atoms with Gasteiger partial charge >= 0.3 is 11.7 Å². The predicted molar refractivity (Wildman–Crippen MR) is 103 cm³/mol. The molecular formula is C19H24N4O6. The van der Waals surface area contributed by atoms with Gasteiger partial charge in [0.1, 0.15) is 6.54 Å². The molecule has 0 saturated heterocycles. The Balaban J connectivity index is 1.85. The fraction of sp³-hybridized carbons (Fsp3) is 0.421. The molecule has 0 fully saturated rings. The number of hydrogen-bond donors (Lipinski definition) is 1. The average molecular weight is 404 g/mol. The van der Waals surface area contributed by atoms with Gasteiger partial charge in [0, 0.05) is 18.2 Å². The summed E-state index contributed by atoms with van der Waals surface area (Å²) in [5, 5.41) is 6.67. The van der Waals surface area contributed by atoms with E-state index in [0.717, 1.165) is 9.58 Å². The van der Waals surface area contributed by atoms with Crippen LogP contribution in [-0.4, -0.2) is 58.2 Å². The third-order valence-electron chi connectivity index (χ3n) is 3.58. The summed E-state index contributed by atoms with van der Waals surface area (Å²) in [6, 6.07) is 8.73. The number of carbonyl (C=O) groups is 3. The zero-order valence-electron chi connectivity index (χ0n) is 16.8. The lowest BCUT2D eigenvalue weighted by molar-refractivity contribution is -0.152. The van der Waals surface area contributed by atoms with E-state index < -0.39 is 36.3 Å².